The summed E-state index contributed by atoms with van der Waals surface area (Å²) in [7, 11) is 1.69. The van der Waals surface area contributed by atoms with Gasteiger partial charge in [0, 0.05) is 22.4 Å². The van der Waals surface area contributed by atoms with E-state index in [4.69, 9.17) is 23.9 Å². The van der Waals surface area contributed by atoms with E-state index in [9.17, 15) is 0 Å². The molecule has 0 aliphatic carbocycles. The van der Waals surface area contributed by atoms with Crippen molar-refractivity contribution in [2.45, 2.75) is 20.8 Å². The molecule has 0 unspecified atom stereocenters. The Morgan fingerprint density at radius 3 is 1.55 bits per heavy atom. The van der Waals surface area contributed by atoms with E-state index in [-0.39, 0.29) is 12.3 Å². The van der Waals surface area contributed by atoms with Crippen LogP contribution in [-0.2, 0) is 19.2 Å². The Bertz CT molecular complexity index is 2000. The van der Waals surface area contributed by atoms with Crippen LogP contribution >= 0.6 is 70.4 Å². The maximum absolute atomic E-state index is 8.12. The summed E-state index contributed by atoms with van der Waals surface area (Å²) >= 11 is 12.7. The minimum atomic E-state index is 0.250. The molecule has 0 heterocycles. The maximum atomic E-state index is 8.12. The summed E-state index contributed by atoms with van der Waals surface area (Å²) < 4.78 is 9.96. The van der Waals surface area contributed by atoms with Crippen molar-refractivity contribution in [3.05, 3.63) is 143 Å². The quantitative estimate of drug-likeness (QED) is 0.162. The molecule has 0 N–H and O–H groups in total. The van der Waals surface area contributed by atoms with Crippen molar-refractivity contribution in [2.75, 3.05) is 7.11 Å². The molecule has 0 radical (unpaired) electrons. The van der Waals surface area contributed by atoms with Gasteiger partial charge in [0.25, 0.3) is 0 Å². The molecule has 0 saturated carbocycles. The van der Waals surface area contributed by atoms with Crippen molar-refractivity contribution in [3.63, 3.8) is 0 Å². The fourth-order valence-corrected chi connectivity index (χ4v) is 6.40. The van der Waals surface area contributed by atoms with Crippen molar-refractivity contribution in [3.8, 4) is 16.9 Å². The number of benzene rings is 6. The zero-order valence-electron chi connectivity index (χ0n) is 25.9. The van der Waals surface area contributed by atoms with Crippen LogP contribution in [0.5, 0.6) is 5.75 Å². The van der Waals surface area contributed by atoms with Gasteiger partial charge < -0.3 is 4.74 Å². The molecule has 0 fully saturated rings. The number of hydrogen-bond acceptors (Lipinski definition) is 5. The van der Waals surface area contributed by atoms with Crippen LogP contribution in [0.4, 0.5) is 0 Å². The molecule has 0 amide bonds. The van der Waals surface area contributed by atoms with E-state index in [1.807, 2.05) is 24.3 Å². The highest BCUT2D eigenvalue weighted by molar-refractivity contribution is 14.1. The van der Waals surface area contributed by atoms with Crippen molar-refractivity contribution in [1.29, 1.82) is 0 Å². The molecule has 6 aromatic carbocycles. The molecule has 47 heavy (non-hydrogen) atoms. The van der Waals surface area contributed by atoms with Crippen molar-refractivity contribution < 1.29 is 23.9 Å². The number of ether oxygens (including phenoxy) is 1. The molecule has 5 nitrogen and oxygen atoms in total. The number of carbonyl (C=O) groups excluding carboxylic acids is 4. The van der Waals surface area contributed by atoms with Gasteiger partial charge in [0.05, 0.1) is 7.11 Å². The van der Waals surface area contributed by atoms with Crippen LogP contribution in [0.2, 0.25) is 0 Å². The Hall–Kier alpha value is -3.43. The Morgan fingerprint density at radius 2 is 1.02 bits per heavy atom. The molecule has 0 aliphatic rings. The van der Waals surface area contributed by atoms with Crippen molar-refractivity contribution in [1.82, 2.24) is 0 Å². The number of fused-ring (bicyclic) bond motifs is 2. The molecule has 9 heteroatoms. The lowest BCUT2D eigenvalue weighted by Crippen LogP contribution is -1.87. The largest absolute Gasteiger partial charge is 0.496 e. The first-order valence-electron chi connectivity index (χ1n) is 13.9. The van der Waals surface area contributed by atoms with Crippen LogP contribution in [0.3, 0.4) is 0 Å². The second kappa shape index (κ2) is 20.7. The van der Waals surface area contributed by atoms with Crippen LogP contribution in [0.15, 0.2) is 123 Å². The number of hydrogen-bond donors (Lipinski definition) is 0. The fraction of sp³-hybridized carbons (Fsp3) is 0.105. The van der Waals surface area contributed by atoms with Gasteiger partial charge in [0.15, 0.2) is 0 Å². The summed E-state index contributed by atoms with van der Waals surface area (Å²) in [4.78, 5) is 32.5. The number of methoxy groups -OCH3 is 1. The lowest BCUT2D eigenvalue weighted by atomic mass is 9.93. The van der Waals surface area contributed by atoms with Gasteiger partial charge in [-0.2, -0.15) is 19.2 Å². The van der Waals surface area contributed by atoms with E-state index in [1.54, 1.807) is 7.11 Å². The summed E-state index contributed by atoms with van der Waals surface area (Å²) in [5.74, 6) is 0.916. The number of rotatable bonds is 2. The molecule has 0 saturated heterocycles. The topological polar surface area (TPSA) is 77.5 Å². The number of aryl methyl sites for hydroxylation is 3. The third kappa shape index (κ3) is 12.0. The monoisotopic (exact) mass is 930 g/mol. The van der Waals surface area contributed by atoms with Gasteiger partial charge in [-0.3, -0.25) is 0 Å². The summed E-state index contributed by atoms with van der Waals surface area (Å²) in [5, 5.41) is 4.98. The average molecular weight is 933 g/mol. The van der Waals surface area contributed by atoms with Crippen LogP contribution in [-0.4, -0.2) is 19.4 Å². The predicted octanol–water partition coefficient (Wildman–Crippen LogP) is 11.7. The maximum Gasteiger partial charge on any atom is 0.373 e. The van der Waals surface area contributed by atoms with E-state index >= 15 is 0 Å². The minimum Gasteiger partial charge on any atom is -0.496 e. The fourth-order valence-electron chi connectivity index (χ4n) is 4.63. The van der Waals surface area contributed by atoms with Crippen molar-refractivity contribution in [2.24, 2.45) is 0 Å². The highest BCUT2D eigenvalue weighted by Gasteiger charge is 2.08. The third-order valence-electron chi connectivity index (χ3n) is 6.79. The molecule has 6 rings (SSSR count). The Morgan fingerprint density at radius 1 is 0.532 bits per heavy atom. The van der Waals surface area contributed by atoms with Gasteiger partial charge in [-0.25, -0.2) is 0 Å². The van der Waals surface area contributed by atoms with Gasteiger partial charge in [-0.05, 0) is 130 Å². The lowest BCUT2D eigenvalue weighted by molar-refractivity contribution is -0.193. The van der Waals surface area contributed by atoms with E-state index < -0.39 is 0 Å². The molecule has 0 aliphatic heterocycles. The van der Waals surface area contributed by atoms with Gasteiger partial charge in [-0.15, -0.1) is 0 Å². The normalized spacial score (nSPS) is 9.45. The van der Waals surface area contributed by atoms with E-state index in [2.05, 4.69) is 176 Å². The van der Waals surface area contributed by atoms with Gasteiger partial charge in [0.2, 0.25) is 0 Å². The first-order chi connectivity index (χ1) is 22.5. The third-order valence-corrected chi connectivity index (χ3v) is 9.68. The van der Waals surface area contributed by atoms with E-state index in [1.165, 1.54) is 47.5 Å². The lowest BCUT2D eigenvalue weighted by Gasteiger charge is -2.12. The Labute approximate surface area is 313 Å². The summed E-state index contributed by atoms with van der Waals surface area (Å²) in [5.41, 5.74) is 6.56. The van der Waals surface area contributed by atoms with Crippen LogP contribution in [0.1, 0.15) is 16.7 Å². The molecule has 0 bridgehead atoms. The molecule has 240 valence electrons. The van der Waals surface area contributed by atoms with Gasteiger partial charge in [0.1, 0.15) is 5.75 Å². The first-order valence-corrected chi connectivity index (χ1v) is 17.3. The smallest absolute Gasteiger partial charge is 0.373 e. The Balaban J connectivity index is 0.000000238. The highest BCUT2D eigenvalue weighted by atomic mass is 127. The van der Waals surface area contributed by atoms with E-state index in [0.717, 1.165) is 24.6 Å². The molecule has 6 aromatic rings. The highest BCUT2D eigenvalue weighted by Crippen LogP contribution is 2.34. The predicted molar refractivity (Wildman–Crippen MR) is 206 cm³/mol. The average Bonchev–Trinajstić information content (AvgIpc) is 3.06. The molecule has 0 spiro atoms. The summed E-state index contributed by atoms with van der Waals surface area (Å²) in [6, 6.07) is 37.9. The zero-order chi connectivity index (χ0) is 34.9. The zero-order valence-corrected chi connectivity index (χ0v) is 32.9. The number of halogens is 4. The van der Waals surface area contributed by atoms with Crippen LogP contribution in [0, 0.1) is 24.3 Å². The minimum absolute atomic E-state index is 0.250. The van der Waals surface area contributed by atoms with E-state index in [0.29, 0.717) is 0 Å². The Kier molecular flexibility index (Phi) is 17.5. The first kappa shape index (κ1) is 39.7. The second-order valence-electron chi connectivity index (χ2n) is 9.79. The molecular weight excluding hydrogens is 903 g/mol. The molecular formula is C38H30Br3IO5. The SMILES string of the molecule is COc1ccc(Br)c2ccccc12.Cc1cc(Br)ccc1-c1ccc(C)c2ccccc12.Cc1cc(Br)ccc1I.O=C=O.O=C=O. The van der Waals surface area contributed by atoms with Gasteiger partial charge in [-0.1, -0.05) is 115 Å². The van der Waals surface area contributed by atoms with Crippen molar-refractivity contribution >= 4 is 104 Å². The summed E-state index contributed by atoms with van der Waals surface area (Å²) in [6.07, 6.45) is 0.500. The molecule has 0 aromatic heterocycles. The summed E-state index contributed by atoms with van der Waals surface area (Å²) in [6.45, 7) is 6.43. The molecule has 0 atom stereocenters. The van der Waals surface area contributed by atoms with Gasteiger partial charge >= 0.3 is 12.3 Å². The second-order valence-corrected chi connectivity index (χ2v) is 13.6. The standard InChI is InChI=1S/C18H15Br.C11H9BrO.C7H6BrI.2CO2/c1-12-7-9-18(17-6-4-3-5-15(12)17)16-10-8-14(19)11-13(16)2;1-13-11-7-6-10(12)8-4-2-3-5-9(8)11;1-5-4-6(8)2-3-7(5)9;2*2-1-3/h3-11H,1-2H3;2-7H,1H3;2-4H,1H3;;. The van der Waals surface area contributed by atoms with Crippen LogP contribution in [0.25, 0.3) is 32.7 Å². The van der Waals surface area contributed by atoms with Crippen LogP contribution < -0.4 is 4.74 Å².